The molecule has 10 heteroatoms. The number of carbonyl (C=O) groups excluding carboxylic acids is 2. The van der Waals surface area contributed by atoms with E-state index in [1.165, 1.54) is 37.3 Å². The minimum Gasteiger partial charge on any atom is -0.506 e. The van der Waals surface area contributed by atoms with Crippen LogP contribution in [0.5, 0.6) is 11.5 Å². The number of carbonyl (C=O) groups is 3. The normalized spacial score (nSPS) is 16.7. The molecule has 1 aliphatic rings. The number of nitrogens with zero attached hydrogens (tertiary/aromatic N) is 2. The van der Waals surface area contributed by atoms with Gasteiger partial charge in [-0.25, -0.2) is 9.78 Å². The SMILES string of the molecule is COc1cccc(OC)c1/C(O)=C1\C(=O)C(=O)N(c2nc3ccc(C(=O)O)cc3[nH]2)C1c1cccc(C)c1. The molecule has 0 aliphatic carbocycles. The Hall–Kier alpha value is -5.12. The highest BCUT2D eigenvalue weighted by atomic mass is 16.5. The van der Waals surface area contributed by atoms with Crippen LogP contribution in [0, 0.1) is 6.92 Å². The number of fused-ring (bicyclic) bond motifs is 1. The third-order valence-electron chi connectivity index (χ3n) is 6.41. The largest absolute Gasteiger partial charge is 0.506 e. The molecule has 5 rings (SSSR count). The number of aliphatic hydroxyl groups excluding tert-OH is 1. The van der Waals surface area contributed by atoms with Crippen molar-refractivity contribution in [2.75, 3.05) is 19.1 Å². The molecule has 1 saturated heterocycles. The average molecular weight is 514 g/mol. The Kier molecular flexibility index (Phi) is 6.08. The fraction of sp³-hybridized carbons (Fsp3) is 0.143. The highest BCUT2D eigenvalue weighted by Crippen LogP contribution is 2.44. The molecule has 1 aromatic heterocycles. The Labute approximate surface area is 216 Å². The predicted octanol–water partition coefficient (Wildman–Crippen LogP) is 4.21. The van der Waals surface area contributed by atoms with Gasteiger partial charge in [0, 0.05) is 0 Å². The van der Waals surface area contributed by atoms with Crippen LogP contribution in [0.2, 0.25) is 0 Å². The van der Waals surface area contributed by atoms with Gasteiger partial charge in [-0.15, -0.1) is 0 Å². The summed E-state index contributed by atoms with van der Waals surface area (Å²) in [6.07, 6.45) is 0. The monoisotopic (exact) mass is 513 g/mol. The van der Waals surface area contributed by atoms with Gasteiger partial charge in [0.15, 0.2) is 0 Å². The number of amides is 1. The number of nitrogens with one attached hydrogen (secondary N) is 1. The molecular weight excluding hydrogens is 490 g/mol. The molecule has 3 N–H and O–H groups in total. The van der Waals surface area contributed by atoms with Crippen LogP contribution in [0.4, 0.5) is 5.95 Å². The number of aryl methyl sites for hydroxylation is 1. The fourth-order valence-electron chi connectivity index (χ4n) is 4.67. The van der Waals surface area contributed by atoms with Crippen molar-refractivity contribution in [1.82, 2.24) is 9.97 Å². The zero-order valence-electron chi connectivity index (χ0n) is 20.7. The van der Waals surface area contributed by atoms with Gasteiger partial charge in [-0.05, 0) is 42.8 Å². The number of aromatic carboxylic acids is 1. The number of ketones is 1. The molecule has 0 saturated carbocycles. The summed E-state index contributed by atoms with van der Waals surface area (Å²) in [5, 5.41) is 20.9. The molecule has 0 bridgehead atoms. The molecule has 1 unspecified atom stereocenters. The Morgan fingerprint density at radius 3 is 2.29 bits per heavy atom. The summed E-state index contributed by atoms with van der Waals surface area (Å²) in [5.74, 6) is -2.88. The lowest BCUT2D eigenvalue weighted by atomic mass is 9.94. The number of aliphatic hydroxyl groups is 1. The van der Waals surface area contributed by atoms with E-state index < -0.39 is 29.5 Å². The van der Waals surface area contributed by atoms with E-state index in [0.717, 1.165) is 5.56 Å². The minimum atomic E-state index is -1.12. The van der Waals surface area contributed by atoms with Gasteiger partial charge in [-0.2, -0.15) is 0 Å². The molecule has 1 amide bonds. The number of rotatable bonds is 6. The van der Waals surface area contributed by atoms with Crippen LogP contribution in [-0.4, -0.2) is 52.1 Å². The molecule has 0 spiro atoms. The third kappa shape index (κ3) is 3.92. The number of anilines is 1. The molecule has 1 aliphatic heterocycles. The second-order valence-electron chi connectivity index (χ2n) is 8.72. The second-order valence-corrected chi connectivity index (χ2v) is 8.72. The zero-order valence-corrected chi connectivity index (χ0v) is 20.7. The van der Waals surface area contributed by atoms with E-state index in [2.05, 4.69) is 9.97 Å². The highest BCUT2D eigenvalue weighted by Gasteiger charge is 2.48. The first-order chi connectivity index (χ1) is 18.2. The van der Waals surface area contributed by atoms with Crippen LogP contribution in [0.25, 0.3) is 16.8 Å². The van der Waals surface area contributed by atoms with Gasteiger partial charge >= 0.3 is 11.9 Å². The summed E-state index contributed by atoms with van der Waals surface area (Å²) >= 11 is 0. The maximum absolute atomic E-state index is 13.5. The van der Waals surface area contributed by atoms with Crippen molar-refractivity contribution in [1.29, 1.82) is 0 Å². The summed E-state index contributed by atoms with van der Waals surface area (Å²) in [6.45, 7) is 1.87. The van der Waals surface area contributed by atoms with Gasteiger partial charge in [-0.3, -0.25) is 14.5 Å². The van der Waals surface area contributed by atoms with Crippen molar-refractivity contribution in [2.24, 2.45) is 0 Å². The van der Waals surface area contributed by atoms with Crippen molar-refractivity contribution in [2.45, 2.75) is 13.0 Å². The molecule has 1 fully saturated rings. The Morgan fingerprint density at radius 2 is 1.66 bits per heavy atom. The summed E-state index contributed by atoms with van der Waals surface area (Å²) in [7, 11) is 2.84. The number of hydrogen-bond acceptors (Lipinski definition) is 7. The average Bonchev–Trinajstić information content (AvgIpc) is 3.45. The molecule has 4 aromatic rings. The number of aromatic amines is 1. The van der Waals surface area contributed by atoms with Crippen molar-refractivity contribution in [3.8, 4) is 11.5 Å². The van der Waals surface area contributed by atoms with Gasteiger partial charge in [0.25, 0.3) is 5.78 Å². The Morgan fingerprint density at radius 1 is 0.974 bits per heavy atom. The van der Waals surface area contributed by atoms with Crippen LogP contribution < -0.4 is 14.4 Å². The number of H-pyrrole nitrogens is 1. The molecule has 10 nitrogen and oxygen atoms in total. The molecule has 192 valence electrons. The number of carboxylic acids is 1. The maximum Gasteiger partial charge on any atom is 0.335 e. The number of carboxylic acid groups (broad SMARTS) is 1. The van der Waals surface area contributed by atoms with Crippen molar-refractivity contribution in [3.63, 3.8) is 0 Å². The predicted molar refractivity (Wildman–Crippen MR) is 139 cm³/mol. The molecule has 0 radical (unpaired) electrons. The summed E-state index contributed by atoms with van der Waals surface area (Å²) in [6, 6.07) is 15.3. The van der Waals surface area contributed by atoms with Crippen LogP contribution in [0.15, 0.2) is 66.2 Å². The van der Waals surface area contributed by atoms with E-state index in [4.69, 9.17) is 9.47 Å². The van der Waals surface area contributed by atoms with Gasteiger partial charge in [0.2, 0.25) is 5.95 Å². The number of methoxy groups -OCH3 is 2. The van der Waals surface area contributed by atoms with Gasteiger partial charge in [0.05, 0.1) is 42.4 Å². The fourth-order valence-corrected chi connectivity index (χ4v) is 4.67. The topological polar surface area (TPSA) is 142 Å². The van der Waals surface area contributed by atoms with Gasteiger partial charge < -0.3 is 24.7 Å². The van der Waals surface area contributed by atoms with E-state index in [9.17, 15) is 24.6 Å². The highest BCUT2D eigenvalue weighted by molar-refractivity contribution is 6.51. The first-order valence-electron chi connectivity index (χ1n) is 11.6. The second kappa shape index (κ2) is 9.40. The number of benzene rings is 3. The number of Topliss-reactive ketones (excluding diaryl/α,β-unsaturated/α-hetero) is 1. The number of imidazole rings is 1. The number of hydrogen-bond donors (Lipinski definition) is 3. The summed E-state index contributed by atoms with van der Waals surface area (Å²) < 4.78 is 10.8. The third-order valence-corrected chi connectivity index (χ3v) is 6.41. The van der Waals surface area contributed by atoms with E-state index in [-0.39, 0.29) is 34.1 Å². The molecule has 38 heavy (non-hydrogen) atoms. The van der Waals surface area contributed by atoms with E-state index in [1.54, 1.807) is 30.3 Å². The maximum atomic E-state index is 13.5. The molecular formula is C28H23N3O7. The van der Waals surface area contributed by atoms with Crippen LogP contribution >= 0.6 is 0 Å². The lowest BCUT2D eigenvalue weighted by molar-refractivity contribution is -0.132. The van der Waals surface area contributed by atoms with E-state index in [1.807, 2.05) is 19.1 Å². The Bertz CT molecular complexity index is 1630. The Balaban J connectivity index is 1.77. The summed E-state index contributed by atoms with van der Waals surface area (Å²) in [5.41, 5.74) is 2.20. The minimum absolute atomic E-state index is 0.0298. The number of ether oxygens (including phenoxy) is 2. The lowest BCUT2D eigenvalue weighted by Crippen LogP contribution is -2.30. The smallest absolute Gasteiger partial charge is 0.335 e. The van der Waals surface area contributed by atoms with Crippen LogP contribution in [-0.2, 0) is 9.59 Å². The van der Waals surface area contributed by atoms with Gasteiger partial charge in [0.1, 0.15) is 22.8 Å². The molecule has 2 heterocycles. The quantitative estimate of drug-likeness (QED) is 0.198. The first-order valence-corrected chi connectivity index (χ1v) is 11.6. The van der Waals surface area contributed by atoms with Crippen LogP contribution in [0.1, 0.15) is 33.1 Å². The van der Waals surface area contributed by atoms with Crippen LogP contribution in [0.3, 0.4) is 0 Å². The van der Waals surface area contributed by atoms with Crippen molar-refractivity contribution >= 4 is 40.4 Å². The zero-order chi connectivity index (χ0) is 27.1. The first kappa shape index (κ1) is 24.6. The lowest BCUT2D eigenvalue weighted by Gasteiger charge is -2.23. The van der Waals surface area contributed by atoms with Gasteiger partial charge in [-0.1, -0.05) is 35.9 Å². The molecule has 1 atom stereocenters. The molecule has 3 aromatic carbocycles. The number of aromatic nitrogens is 2. The summed E-state index contributed by atoms with van der Waals surface area (Å²) in [4.78, 5) is 47.0. The van der Waals surface area contributed by atoms with Crippen molar-refractivity contribution in [3.05, 3.63) is 88.5 Å². The van der Waals surface area contributed by atoms with E-state index >= 15 is 0 Å². The van der Waals surface area contributed by atoms with Crippen molar-refractivity contribution < 1.29 is 34.1 Å². The van der Waals surface area contributed by atoms with E-state index in [0.29, 0.717) is 16.6 Å². The standard InChI is InChI=1S/C28H23N3O7/c1-14-6-4-7-15(12-14)23-22(24(32)21-19(37-2)8-5-9-20(21)38-3)25(33)26(34)31(23)28-29-17-11-10-16(27(35)36)13-18(17)30-28/h4-13,23,32H,1-3H3,(H,29,30)(H,35,36)/b24-22+.